The van der Waals surface area contributed by atoms with Crippen LogP contribution in [0.25, 0.3) is 105 Å². The lowest BCUT2D eigenvalue weighted by Crippen LogP contribution is -2.10. The van der Waals surface area contributed by atoms with Crippen LogP contribution in [0.2, 0.25) is 0 Å². The first-order chi connectivity index (χ1) is 33.2. The second-order valence-corrected chi connectivity index (χ2v) is 17.3. The SMILES string of the molecule is c1ccc(-c2ccc(-c3ccc(N(c4ccc(-c5ccc6ccccc6c5)cc4)c4cccc(-c5cccc6c5oc5ccccc56)c4)cc3)c(-n3c4ccccc4c4ccccc43)c2)cc1. The first-order valence-corrected chi connectivity index (χ1v) is 22.9. The number of aromatic nitrogens is 1. The molecule has 13 aromatic rings. The van der Waals surface area contributed by atoms with Gasteiger partial charge in [-0.1, -0.05) is 188 Å². The normalized spacial score (nSPS) is 11.6. The number of fused-ring (bicyclic) bond motifs is 7. The predicted octanol–water partition coefficient (Wildman–Crippen LogP) is 18.0. The molecule has 2 aromatic heterocycles. The molecule has 3 heteroatoms. The van der Waals surface area contributed by atoms with E-state index in [0.717, 1.165) is 66.9 Å². The molecule has 314 valence electrons. The van der Waals surface area contributed by atoms with Crippen LogP contribution in [-0.2, 0) is 0 Å². The summed E-state index contributed by atoms with van der Waals surface area (Å²) in [5.74, 6) is 0. The molecule has 67 heavy (non-hydrogen) atoms. The first kappa shape index (κ1) is 38.5. The minimum absolute atomic E-state index is 0.894. The number of para-hydroxylation sites is 4. The largest absolute Gasteiger partial charge is 0.455 e. The third-order valence-electron chi connectivity index (χ3n) is 13.4. The fourth-order valence-corrected chi connectivity index (χ4v) is 10.1. The Labute approximate surface area is 388 Å². The van der Waals surface area contributed by atoms with E-state index in [9.17, 15) is 0 Å². The summed E-state index contributed by atoms with van der Waals surface area (Å²) in [5, 5.41) is 7.20. The van der Waals surface area contributed by atoms with Gasteiger partial charge < -0.3 is 13.9 Å². The molecule has 11 aromatic carbocycles. The molecule has 0 saturated carbocycles. The van der Waals surface area contributed by atoms with Crippen molar-refractivity contribution in [3.05, 3.63) is 255 Å². The molecule has 3 nitrogen and oxygen atoms in total. The number of nitrogens with zero attached hydrogens (tertiary/aromatic N) is 2. The Morgan fingerprint density at radius 3 is 1.61 bits per heavy atom. The van der Waals surface area contributed by atoms with E-state index in [1.54, 1.807) is 0 Å². The zero-order valence-electron chi connectivity index (χ0n) is 36.6. The maximum absolute atomic E-state index is 6.55. The average Bonchev–Trinajstić information content (AvgIpc) is 3.95. The summed E-state index contributed by atoms with van der Waals surface area (Å²) in [7, 11) is 0. The molecule has 13 rings (SSSR count). The summed E-state index contributed by atoms with van der Waals surface area (Å²) >= 11 is 0. The van der Waals surface area contributed by atoms with Crippen LogP contribution < -0.4 is 4.90 Å². The second-order valence-electron chi connectivity index (χ2n) is 17.3. The first-order valence-electron chi connectivity index (χ1n) is 22.9. The van der Waals surface area contributed by atoms with Crippen molar-refractivity contribution in [1.29, 1.82) is 0 Å². The van der Waals surface area contributed by atoms with Crippen LogP contribution >= 0.6 is 0 Å². The third-order valence-corrected chi connectivity index (χ3v) is 13.4. The highest BCUT2D eigenvalue weighted by atomic mass is 16.3. The smallest absolute Gasteiger partial charge is 0.143 e. The lowest BCUT2D eigenvalue weighted by Gasteiger charge is -2.26. The van der Waals surface area contributed by atoms with Gasteiger partial charge in [0.2, 0.25) is 0 Å². The van der Waals surface area contributed by atoms with Gasteiger partial charge in [-0.15, -0.1) is 0 Å². The molecule has 0 spiro atoms. The van der Waals surface area contributed by atoms with E-state index in [2.05, 4.69) is 252 Å². The van der Waals surface area contributed by atoms with Crippen LogP contribution in [0, 0.1) is 0 Å². The Morgan fingerprint density at radius 1 is 0.299 bits per heavy atom. The van der Waals surface area contributed by atoms with Gasteiger partial charge in [-0.25, -0.2) is 0 Å². The Morgan fingerprint density at radius 2 is 0.851 bits per heavy atom. The van der Waals surface area contributed by atoms with Crippen molar-refractivity contribution in [2.75, 3.05) is 4.90 Å². The van der Waals surface area contributed by atoms with Crippen LogP contribution in [0.3, 0.4) is 0 Å². The summed E-state index contributed by atoms with van der Waals surface area (Å²) in [5.41, 5.74) is 17.6. The van der Waals surface area contributed by atoms with Gasteiger partial charge in [0, 0.05) is 49.7 Å². The van der Waals surface area contributed by atoms with Gasteiger partial charge >= 0.3 is 0 Å². The molecule has 0 N–H and O–H groups in total. The molecule has 0 saturated heterocycles. The highest BCUT2D eigenvalue weighted by molar-refractivity contribution is 6.11. The number of hydrogen-bond donors (Lipinski definition) is 0. The van der Waals surface area contributed by atoms with E-state index in [1.807, 2.05) is 12.1 Å². The lowest BCUT2D eigenvalue weighted by molar-refractivity contribution is 0.670. The fraction of sp³-hybridized carbons (Fsp3) is 0. The molecule has 0 aliphatic heterocycles. The molecule has 0 fully saturated rings. The van der Waals surface area contributed by atoms with Crippen LogP contribution in [0.15, 0.2) is 259 Å². The lowest BCUT2D eigenvalue weighted by atomic mass is 9.97. The summed E-state index contributed by atoms with van der Waals surface area (Å²) in [4.78, 5) is 2.36. The quantitative estimate of drug-likeness (QED) is 0.152. The van der Waals surface area contributed by atoms with E-state index < -0.39 is 0 Å². The molecule has 0 aliphatic rings. The fourth-order valence-electron chi connectivity index (χ4n) is 10.1. The van der Waals surface area contributed by atoms with Crippen LogP contribution in [-0.4, -0.2) is 4.57 Å². The average molecular weight is 855 g/mol. The highest BCUT2D eigenvalue weighted by Gasteiger charge is 2.20. The van der Waals surface area contributed by atoms with Crippen molar-refractivity contribution in [3.63, 3.8) is 0 Å². The summed E-state index contributed by atoms with van der Waals surface area (Å²) < 4.78 is 8.99. The number of anilines is 3. The van der Waals surface area contributed by atoms with Gasteiger partial charge in [0.15, 0.2) is 0 Å². The van der Waals surface area contributed by atoms with E-state index in [-0.39, 0.29) is 0 Å². The Kier molecular flexibility index (Phi) is 9.17. The van der Waals surface area contributed by atoms with Crippen LogP contribution in [0.1, 0.15) is 0 Å². The number of hydrogen-bond acceptors (Lipinski definition) is 2. The minimum atomic E-state index is 0.894. The zero-order chi connectivity index (χ0) is 44.3. The van der Waals surface area contributed by atoms with Crippen molar-refractivity contribution in [3.8, 4) is 50.2 Å². The van der Waals surface area contributed by atoms with E-state index in [0.29, 0.717) is 0 Å². The van der Waals surface area contributed by atoms with Crippen molar-refractivity contribution in [2.45, 2.75) is 0 Å². The second kappa shape index (κ2) is 16.0. The van der Waals surface area contributed by atoms with Gasteiger partial charge in [0.1, 0.15) is 11.2 Å². The number of furan rings is 1. The molecule has 0 radical (unpaired) electrons. The van der Waals surface area contributed by atoms with Crippen molar-refractivity contribution >= 4 is 71.6 Å². The highest BCUT2D eigenvalue weighted by Crippen LogP contribution is 2.43. The van der Waals surface area contributed by atoms with Crippen molar-refractivity contribution in [1.82, 2.24) is 4.57 Å². The van der Waals surface area contributed by atoms with Gasteiger partial charge in [-0.3, -0.25) is 0 Å². The maximum Gasteiger partial charge on any atom is 0.143 e. The molecule has 0 amide bonds. The molecule has 0 aliphatic carbocycles. The van der Waals surface area contributed by atoms with Gasteiger partial charge in [-0.2, -0.15) is 0 Å². The van der Waals surface area contributed by atoms with Crippen LogP contribution in [0.5, 0.6) is 0 Å². The molecular formula is C64H42N2O. The number of rotatable bonds is 8. The van der Waals surface area contributed by atoms with Crippen molar-refractivity contribution < 1.29 is 4.42 Å². The Bertz CT molecular complexity index is 3920. The maximum atomic E-state index is 6.55. The standard InChI is InChI=1S/C64H42N2O/c1-2-14-43(15-3-1)49-34-39-54(62(42-49)66-60-25-9-6-20-56(60)57-21-7-10-26-61(57)66)46-32-37-52(38-33-46)65(51-35-30-45(31-36-51)48-29-28-44-16-4-5-17-47(44)40-48)53-19-12-18-50(41-53)55-23-13-24-59-58-22-8-11-27-63(58)67-64(55)59/h1-42H. The van der Waals surface area contributed by atoms with E-state index in [1.165, 1.54) is 54.8 Å². The zero-order valence-corrected chi connectivity index (χ0v) is 36.6. The predicted molar refractivity (Wildman–Crippen MR) is 282 cm³/mol. The third kappa shape index (κ3) is 6.67. The molecular weight excluding hydrogens is 813 g/mol. The topological polar surface area (TPSA) is 21.3 Å². The molecule has 2 heterocycles. The summed E-state index contributed by atoms with van der Waals surface area (Å²) in [6, 6.07) is 92.0. The Balaban J connectivity index is 0.953. The number of benzene rings is 11. The van der Waals surface area contributed by atoms with Gasteiger partial charge in [-0.05, 0) is 111 Å². The monoisotopic (exact) mass is 854 g/mol. The summed E-state index contributed by atoms with van der Waals surface area (Å²) in [6.45, 7) is 0. The van der Waals surface area contributed by atoms with Gasteiger partial charge in [0.25, 0.3) is 0 Å². The Hall–Kier alpha value is -8.92. The van der Waals surface area contributed by atoms with E-state index >= 15 is 0 Å². The van der Waals surface area contributed by atoms with Gasteiger partial charge in [0.05, 0.1) is 16.7 Å². The van der Waals surface area contributed by atoms with Crippen molar-refractivity contribution in [2.24, 2.45) is 0 Å². The molecule has 0 bridgehead atoms. The van der Waals surface area contributed by atoms with E-state index in [4.69, 9.17) is 4.42 Å². The summed E-state index contributed by atoms with van der Waals surface area (Å²) in [6.07, 6.45) is 0. The molecule has 0 atom stereocenters. The molecule has 0 unspecified atom stereocenters. The van der Waals surface area contributed by atoms with Crippen LogP contribution in [0.4, 0.5) is 17.1 Å². The minimum Gasteiger partial charge on any atom is -0.455 e.